The molecule has 1 aromatic heterocycles. The van der Waals surface area contributed by atoms with Crippen LogP contribution in [-0.4, -0.2) is 12.0 Å². The minimum Gasteiger partial charge on any atom is -0.397 e. The number of nitrogen functional groups attached to an aromatic ring is 1. The van der Waals surface area contributed by atoms with Crippen LogP contribution in [0.4, 0.5) is 11.5 Å². The van der Waals surface area contributed by atoms with Gasteiger partial charge in [-0.1, -0.05) is 35.9 Å². The summed E-state index contributed by atoms with van der Waals surface area (Å²) in [6.45, 7) is 2.87. The van der Waals surface area contributed by atoms with Gasteiger partial charge in [-0.2, -0.15) is 0 Å². The Hall–Kier alpha value is -1.74. The van der Waals surface area contributed by atoms with Crippen LogP contribution < -0.4 is 10.6 Å². The van der Waals surface area contributed by atoms with E-state index in [2.05, 4.69) is 24.0 Å². The van der Waals surface area contributed by atoms with E-state index < -0.39 is 0 Å². The van der Waals surface area contributed by atoms with E-state index in [1.54, 1.807) is 12.3 Å². The van der Waals surface area contributed by atoms with Crippen molar-refractivity contribution in [1.29, 1.82) is 0 Å². The minimum absolute atomic E-state index is 0.575. The van der Waals surface area contributed by atoms with Gasteiger partial charge in [-0.25, -0.2) is 4.98 Å². The Bertz CT molecular complexity index is 554. The summed E-state index contributed by atoms with van der Waals surface area (Å²) < 4.78 is 0. The van der Waals surface area contributed by atoms with Gasteiger partial charge in [0.15, 0.2) is 0 Å². The molecule has 18 heavy (non-hydrogen) atoms. The van der Waals surface area contributed by atoms with Gasteiger partial charge in [0.05, 0.1) is 16.9 Å². The number of pyridine rings is 1. The van der Waals surface area contributed by atoms with E-state index in [1.807, 2.05) is 24.1 Å². The number of rotatable bonds is 3. The van der Waals surface area contributed by atoms with Crippen molar-refractivity contribution < 1.29 is 0 Å². The lowest BCUT2D eigenvalue weighted by atomic mass is 10.1. The first-order valence-corrected chi connectivity index (χ1v) is 6.12. The number of halogens is 1. The second kappa shape index (κ2) is 5.27. The van der Waals surface area contributed by atoms with E-state index in [9.17, 15) is 0 Å². The van der Waals surface area contributed by atoms with E-state index >= 15 is 0 Å². The van der Waals surface area contributed by atoms with Crippen LogP contribution in [0, 0.1) is 6.92 Å². The highest BCUT2D eigenvalue weighted by molar-refractivity contribution is 6.33. The fraction of sp³-hybridized carbons (Fsp3) is 0.214. The molecule has 0 spiro atoms. The fourth-order valence-corrected chi connectivity index (χ4v) is 2.16. The second-order valence-electron chi connectivity index (χ2n) is 4.36. The number of aryl methyl sites for hydroxylation is 1. The van der Waals surface area contributed by atoms with Gasteiger partial charge in [0.1, 0.15) is 5.82 Å². The molecule has 0 atom stereocenters. The molecule has 2 aromatic rings. The van der Waals surface area contributed by atoms with Gasteiger partial charge in [-0.05, 0) is 24.1 Å². The number of hydrogen-bond acceptors (Lipinski definition) is 3. The summed E-state index contributed by atoms with van der Waals surface area (Å²) in [4.78, 5) is 6.29. The van der Waals surface area contributed by atoms with Crippen LogP contribution in [0.2, 0.25) is 5.02 Å². The first-order chi connectivity index (χ1) is 8.58. The second-order valence-corrected chi connectivity index (χ2v) is 4.76. The summed E-state index contributed by atoms with van der Waals surface area (Å²) in [7, 11) is 1.97. The van der Waals surface area contributed by atoms with E-state index in [4.69, 9.17) is 17.3 Å². The number of anilines is 2. The molecule has 0 saturated heterocycles. The Labute approximate surface area is 112 Å². The summed E-state index contributed by atoms with van der Waals surface area (Å²) in [6.07, 6.45) is 1.62. The van der Waals surface area contributed by atoms with Crippen molar-refractivity contribution in [1.82, 2.24) is 4.98 Å². The number of aromatic nitrogens is 1. The molecular formula is C14H16ClN3. The molecular weight excluding hydrogens is 246 g/mol. The Morgan fingerprint density at radius 3 is 2.72 bits per heavy atom. The van der Waals surface area contributed by atoms with E-state index in [0.29, 0.717) is 10.7 Å². The van der Waals surface area contributed by atoms with Crippen molar-refractivity contribution in [2.45, 2.75) is 13.5 Å². The van der Waals surface area contributed by atoms with Gasteiger partial charge >= 0.3 is 0 Å². The summed E-state index contributed by atoms with van der Waals surface area (Å²) in [5.74, 6) is 0.745. The van der Waals surface area contributed by atoms with Crippen molar-refractivity contribution in [3.05, 3.63) is 52.7 Å². The molecule has 0 aliphatic carbocycles. The molecule has 0 radical (unpaired) electrons. The van der Waals surface area contributed by atoms with Crippen LogP contribution in [0.1, 0.15) is 11.1 Å². The molecule has 0 amide bonds. The highest BCUT2D eigenvalue weighted by atomic mass is 35.5. The van der Waals surface area contributed by atoms with Crippen LogP contribution in [0.3, 0.4) is 0 Å². The molecule has 0 bridgehead atoms. The Kier molecular flexibility index (Phi) is 3.72. The third kappa shape index (κ3) is 2.74. The average molecular weight is 262 g/mol. The number of nitrogens with two attached hydrogens (primary N) is 1. The van der Waals surface area contributed by atoms with Gasteiger partial charge < -0.3 is 10.6 Å². The minimum atomic E-state index is 0.575. The Morgan fingerprint density at radius 1 is 1.33 bits per heavy atom. The molecule has 4 heteroatoms. The van der Waals surface area contributed by atoms with E-state index in [0.717, 1.165) is 12.4 Å². The van der Waals surface area contributed by atoms with Crippen molar-refractivity contribution in [3.8, 4) is 0 Å². The van der Waals surface area contributed by atoms with Crippen molar-refractivity contribution in [2.24, 2.45) is 0 Å². The molecule has 2 N–H and O–H groups in total. The third-order valence-electron chi connectivity index (χ3n) is 2.87. The highest BCUT2D eigenvalue weighted by Crippen LogP contribution is 2.25. The number of benzene rings is 1. The average Bonchev–Trinajstić information content (AvgIpc) is 2.32. The first kappa shape index (κ1) is 12.7. The van der Waals surface area contributed by atoms with Gasteiger partial charge in [0, 0.05) is 13.6 Å². The molecule has 1 heterocycles. The quantitative estimate of drug-likeness (QED) is 0.922. The van der Waals surface area contributed by atoms with Gasteiger partial charge in [0.2, 0.25) is 0 Å². The zero-order valence-corrected chi connectivity index (χ0v) is 11.3. The fourth-order valence-electron chi connectivity index (χ4n) is 1.84. The highest BCUT2D eigenvalue weighted by Gasteiger charge is 2.09. The molecule has 1 aromatic carbocycles. The summed E-state index contributed by atoms with van der Waals surface area (Å²) in [6, 6.07) is 10.00. The first-order valence-electron chi connectivity index (χ1n) is 5.74. The lowest BCUT2D eigenvalue weighted by Gasteiger charge is -2.20. The maximum atomic E-state index is 6.15. The maximum absolute atomic E-state index is 6.15. The van der Waals surface area contributed by atoms with Crippen LogP contribution in [0.15, 0.2) is 36.5 Å². The lowest BCUT2D eigenvalue weighted by molar-refractivity contribution is 0.891. The molecule has 3 nitrogen and oxygen atoms in total. The monoisotopic (exact) mass is 261 g/mol. The topological polar surface area (TPSA) is 42.2 Å². The predicted octanol–water partition coefficient (Wildman–Crippen LogP) is 3.26. The maximum Gasteiger partial charge on any atom is 0.147 e. The zero-order valence-electron chi connectivity index (χ0n) is 10.5. The Balaban J connectivity index is 2.22. The Morgan fingerprint density at radius 2 is 2.06 bits per heavy atom. The van der Waals surface area contributed by atoms with E-state index in [1.165, 1.54) is 11.1 Å². The molecule has 2 rings (SSSR count). The van der Waals surface area contributed by atoms with Crippen molar-refractivity contribution in [3.63, 3.8) is 0 Å². The third-order valence-corrected chi connectivity index (χ3v) is 3.15. The van der Waals surface area contributed by atoms with Gasteiger partial charge in [0.25, 0.3) is 0 Å². The summed E-state index contributed by atoms with van der Waals surface area (Å²) in [5, 5.41) is 0.575. The zero-order chi connectivity index (χ0) is 13.1. The summed E-state index contributed by atoms with van der Waals surface area (Å²) >= 11 is 6.15. The molecule has 0 fully saturated rings. The molecule has 0 aliphatic heterocycles. The van der Waals surface area contributed by atoms with E-state index in [-0.39, 0.29) is 0 Å². The van der Waals surface area contributed by atoms with Crippen LogP contribution in [0.25, 0.3) is 0 Å². The molecule has 0 unspecified atom stereocenters. The molecule has 0 aliphatic rings. The van der Waals surface area contributed by atoms with Crippen LogP contribution in [0.5, 0.6) is 0 Å². The number of nitrogens with zero attached hydrogens (tertiary/aromatic N) is 2. The van der Waals surface area contributed by atoms with Gasteiger partial charge in [-0.3, -0.25) is 0 Å². The smallest absolute Gasteiger partial charge is 0.147 e. The lowest BCUT2D eigenvalue weighted by Crippen LogP contribution is -2.18. The van der Waals surface area contributed by atoms with Crippen LogP contribution >= 0.6 is 11.6 Å². The van der Waals surface area contributed by atoms with Crippen LogP contribution in [-0.2, 0) is 6.54 Å². The molecule has 0 saturated carbocycles. The van der Waals surface area contributed by atoms with Gasteiger partial charge in [-0.15, -0.1) is 0 Å². The SMILES string of the molecule is Cc1ccccc1CN(C)c1ncc(N)cc1Cl. The van der Waals surface area contributed by atoms with Crippen molar-refractivity contribution in [2.75, 3.05) is 17.7 Å². The predicted molar refractivity (Wildman–Crippen MR) is 76.9 cm³/mol. The molecule has 94 valence electrons. The summed E-state index contributed by atoms with van der Waals surface area (Å²) in [5.41, 5.74) is 8.73. The largest absolute Gasteiger partial charge is 0.397 e. The normalized spacial score (nSPS) is 10.4. The number of hydrogen-bond donors (Lipinski definition) is 1. The van der Waals surface area contributed by atoms with Crippen molar-refractivity contribution >= 4 is 23.1 Å². The standard InChI is InChI=1S/C14H16ClN3/c1-10-5-3-4-6-11(10)9-18(2)14-13(15)7-12(16)8-17-14/h3-8H,9,16H2,1-2H3.